The summed E-state index contributed by atoms with van der Waals surface area (Å²) < 4.78 is 37.3. The van der Waals surface area contributed by atoms with Gasteiger partial charge < -0.3 is 15.7 Å². The number of hydrogen-bond donors (Lipinski definition) is 3. The molecule has 0 aliphatic heterocycles. The molecular formula is C15H17F3N2O4. The summed E-state index contributed by atoms with van der Waals surface area (Å²) >= 11 is 0. The van der Waals surface area contributed by atoms with Crippen LogP contribution in [0.15, 0.2) is 24.3 Å². The van der Waals surface area contributed by atoms with Gasteiger partial charge in [-0.05, 0) is 30.2 Å². The van der Waals surface area contributed by atoms with Crippen LogP contribution in [0.4, 0.5) is 13.2 Å². The van der Waals surface area contributed by atoms with E-state index in [4.69, 9.17) is 5.11 Å². The molecule has 1 aromatic carbocycles. The third-order valence-corrected chi connectivity index (χ3v) is 3.13. The molecule has 3 N–H and O–H groups in total. The topological polar surface area (TPSA) is 95.5 Å². The molecule has 0 unspecified atom stereocenters. The van der Waals surface area contributed by atoms with Crippen molar-refractivity contribution >= 4 is 17.8 Å². The number of amides is 2. The monoisotopic (exact) mass is 346 g/mol. The number of carbonyl (C=O) groups excluding carboxylic acids is 2. The predicted octanol–water partition coefficient (Wildman–Crippen LogP) is 1.66. The molecule has 0 aromatic heterocycles. The molecule has 1 atom stereocenters. The summed E-state index contributed by atoms with van der Waals surface area (Å²) in [6.07, 6.45) is -4.50. The average Bonchev–Trinajstić information content (AvgIpc) is 2.48. The zero-order valence-electron chi connectivity index (χ0n) is 13.0. The Morgan fingerprint density at radius 2 is 1.67 bits per heavy atom. The average molecular weight is 346 g/mol. The summed E-state index contributed by atoms with van der Waals surface area (Å²) in [5.41, 5.74) is -0.938. The Hall–Kier alpha value is -2.58. The first-order chi connectivity index (χ1) is 11.0. The standard InChI is InChI=1S/C15H17F3N2O4/c1-8(2)12(14(23)24)20-11(21)7-19-13(22)9-3-5-10(6-4-9)15(16,17)18/h3-6,8,12H,7H2,1-2H3,(H,19,22)(H,20,21)(H,23,24)/t12-/m1/s1. The summed E-state index contributed by atoms with van der Waals surface area (Å²) in [5.74, 6) is -3.00. The fourth-order valence-electron chi connectivity index (χ4n) is 1.81. The van der Waals surface area contributed by atoms with E-state index in [1.165, 1.54) is 0 Å². The van der Waals surface area contributed by atoms with E-state index in [2.05, 4.69) is 10.6 Å². The van der Waals surface area contributed by atoms with E-state index in [-0.39, 0.29) is 11.5 Å². The van der Waals surface area contributed by atoms with Gasteiger partial charge in [0.05, 0.1) is 12.1 Å². The number of halogens is 3. The van der Waals surface area contributed by atoms with Gasteiger partial charge in [0, 0.05) is 5.56 Å². The quantitative estimate of drug-likeness (QED) is 0.730. The van der Waals surface area contributed by atoms with Gasteiger partial charge >= 0.3 is 12.1 Å². The second-order valence-electron chi connectivity index (χ2n) is 5.39. The first-order valence-electron chi connectivity index (χ1n) is 7.00. The molecule has 0 saturated heterocycles. The number of aliphatic carboxylic acids is 1. The van der Waals surface area contributed by atoms with Crippen molar-refractivity contribution in [2.75, 3.05) is 6.54 Å². The molecule has 0 radical (unpaired) electrons. The van der Waals surface area contributed by atoms with Crippen LogP contribution < -0.4 is 10.6 Å². The predicted molar refractivity (Wildman–Crippen MR) is 78.2 cm³/mol. The zero-order valence-corrected chi connectivity index (χ0v) is 13.0. The highest BCUT2D eigenvalue weighted by Gasteiger charge is 2.30. The van der Waals surface area contributed by atoms with Crippen molar-refractivity contribution in [3.63, 3.8) is 0 Å². The lowest BCUT2D eigenvalue weighted by Gasteiger charge is -2.18. The van der Waals surface area contributed by atoms with E-state index >= 15 is 0 Å². The van der Waals surface area contributed by atoms with Crippen LogP contribution in [0.25, 0.3) is 0 Å². The molecule has 9 heteroatoms. The smallest absolute Gasteiger partial charge is 0.416 e. The first-order valence-corrected chi connectivity index (χ1v) is 7.00. The van der Waals surface area contributed by atoms with E-state index in [1.807, 2.05) is 0 Å². The van der Waals surface area contributed by atoms with Crippen LogP contribution in [0.2, 0.25) is 0 Å². The van der Waals surface area contributed by atoms with Crippen LogP contribution in [0, 0.1) is 5.92 Å². The number of alkyl halides is 3. The first kappa shape index (κ1) is 19.5. The summed E-state index contributed by atoms with van der Waals surface area (Å²) in [6.45, 7) is 2.73. The summed E-state index contributed by atoms with van der Waals surface area (Å²) in [7, 11) is 0. The zero-order chi connectivity index (χ0) is 18.5. The van der Waals surface area contributed by atoms with Crippen LogP contribution >= 0.6 is 0 Å². The Morgan fingerprint density at radius 3 is 2.08 bits per heavy atom. The van der Waals surface area contributed by atoms with Gasteiger partial charge in [0.25, 0.3) is 5.91 Å². The van der Waals surface area contributed by atoms with E-state index in [9.17, 15) is 27.6 Å². The van der Waals surface area contributed by atoms with E-state index in [0.717, 1.165) is 24.3 Å². The number of benzene rings is 1. The number of hydrogen-bond acceptors (Lipinski definition) is 3. The summed E-state index contributed by atoms with van der Waals surface area (Å²) in [6, 6.07) is 2.40. The number of carboxylic acids is 1. The van der Waals surface area contributed by atoms with Gasteiger partial charge in [0.1, 0.15) is 6.04 Å². The van der Waals surface area contributed by atoms with Crippen molar-refractivity contribution in [3.8, 4) is 0 Å². The highest BCUT2D eigenvalue weighted by Crippen LogP contribution is 2.28. The van der Waals surface area contributed by atoms with Gasteiger partial charge in [0.15, 0.2) is 0 Å². The molecule has 0 aliphatic rings. The Balaban J connectivity index is 2.59. The van der Waals surface area contributed by atoms with Crippen molar-refractivity contribution in [1.82, 2.24) is 10.6 Å². The molecule has 0 saturated carbocycles. The lowest BCUT2D eigenvalue weighted by atomic mass is 10.0. The normalized spacial score (nSPS) is 12.6. The van der Waals surface area contributed by atoms with Crippen molar-refractivity contribution in [2.45, 2.75) is 26.1 Å². The number of carbonyl (C=O) groups is 3. The van der Waals surface area contributed by atoms with Gasteiger partial charge in [-0.25, -0.2) is 4.79 Å². The second-order valence-corrected chi connectivity index (χ2v) is 5.39. The minimum absolute atomic E-state index is 0.0468. The Morgan fingerprint density at radius 1 is 1.12 bits per heavy atom. The lowest BCUT2D eigenvalue weighted by Crippen LogP contribution is -2.48. The molecule has 24 heavy (non-hydrogen) atoms. The maximum Gasteiger partial charge on any atom is 0.416 e. The molecule has 1 rings (SSSR count). The van der Waals surface area contributed by atoms with Gasteiger partial charge in [0.2, 0.25) is 5.91 Å². The van der Waals surface area contributed by atoms with Crippen LogP contribution in [-0.2, 0) is 15.8 Å². The van der Waals surface area contributed by atoms with E-state index in [1.54, 1.807) is 13.8 Å². The third kappa shape index (κ3) is 5.56. The Bertz CT molecular complexity index is 612. The van der Waals surface area contributed by atoms with Crippen LogP contribution in [0.3, 0.4) is 0 Å². The molecule has 1 aromatic rings. The molecule has 6 nitrogen and oxygen atoms in total. The molecule has 2 amide bonds. The van der Waals surface area contributed by atoms with Crippen LogP contribution in [-0.4, -0.2) is 35.5 Å². The largest absolute Gasteiger partial charge is 0.480 e. The van der Waals surface area contributed by atoms with Crippen molar-refractivity contribution < 1.29 is 32.7 Å². The Labute approximate surface area is 136 Å². The number of rotatable bonds is 6. The number of nitrogens with one attached hydrogen (secondary N) is 2. The molecule has 0 bridgehead atoms. The minimum atomic E-state index is -4.50. The highest BCUT2D eigenvalue weighted by atomic mass is 19.4. The summed E-state index contributed by atoms with van der Waals surface area (Å²) in [5, 5.41) is 13.4. The molecule has 0 fully saturated rings. The fourth-order valence-corrected chi connectivity index (χ4v) is 1.81. The van der Waals surface area contributed by atoms with Crippen molar-refractivity contribution in [1.29, 1.82) is 0 Å². The van der Waals surface area contributed by atoms with Crippen molar-refractivity contribution in [3.05, 3.63) is 35.4 Å². The van der Waals surface area contributed by atoms with E-state index < -0.39 is 42.1 Å². The van der Waals surface area contributed by atoms with E-state index in [0.29, 0.717) is 0 Å². The van der Waals surface area contributed by atoms with Gasteiger partial charge in [-0.15, -0.1) is 0 Å². The maximum atomic E-state index is 12.4. The molecular weight excluding hydrogens is 329 g/mol. The van der Waals surface area contributed by atoms with Gasteiger partial charge in [-0.3, -0.25) is 9.59 Å². The fraction of sp³-hybridized carbons (Fsp3) is 0.400. The maximum absolute atomic E-state index is 12.4. The third-order valence-electron chi connectivity index (χ3n) is 3.13. The summed E-state index contributed by atoms with van der Waals surface area (Å²) in [4.78, 5) is 34.4. The molecule has 0 spiro atoms. The molecule has 132 valence electrons. The van der Waals surface area contributed by atoms with Gasteiger partial charge in [-0.2, -0.15) is 13.2 Å². The number of carboxylic acid groups (broad SMARTS) is 1. The second kappa shape index (κ2) is 7.80. The van der Waals surface area contributed by atoms with Crippen molar-refractivity contribution in [2.24, 2.45) is 5.92 Å². The van der Waals surface area contributed by atoms with Crippen LogP contribution in [0.5, 0.6) is 0 Å². The SMILES string of the molecule is CC(C)[C@@H](NC(=O)CNC(=O)c1ccc(C(F)(F)F)cc1)C(=O)O. The minimum Gasteiger partial charge on any atom is -0.480 e. The van der Waals surface area contributed by atoms with Gasteiger partial charge in [-0.1, -0.05) is 13.8 Å². The Kier molecular flexibility index (Phi) is 6.33. The lowest BCUT2D eigenvalue weighted by molar-refractivity contribution is -0.143. The highest BCUT2D eigenvalue weighted by molar-refractivity contribution is 5.96. The molecule has 0 aliphatic carbocycles. The van der Waals surface area contributed by atoms with Crippen LogP contribution in [0.1, 0.15) is 29.8 Å². The molecule has 0 heterocycles.